The predicted molar refractivity (Wildman–Crippen MR) is 96.2 cm³/mol. The Morgan fingerprint density at radius 1 is 1.28 bits per heavy atom. The number of sulfone groups is 1. The van der Waals surface area contributed by atoms with E-state index < -0.39 is 15.4 Å². The predicted octanol–water partition coefficient (Wildman–Crippen LogP) is 0.724. The van der Waals surface area contributed by atoms with Gasteiger partial charge in [0.25, 0.3) is 0 Å². The molecule has 0 bridgehead atoms. The molecule has 0 amide bonds. The van der Waals surface area contributed by atoms with Gasteiger partial charge in [-0.1, -0.05) is 0 Å². The summed E-state index contributed by atoms with van der Waals surface area (Å²) in [6.07, 6.45) is 0.508. The first-order valence-corrected chi connectivity index (χ1v) is 9.97. The Balaban J connectivity index is 2.21. The number of ketones is 1. The van der Waals surface area contributed by atoms with Crippen molar-refractivity contribution in [3.05, 3.63) is 23.8 Å². The molecule has 1 heterocycles. The van der Waals surface area contributed by atoms with E-state index in [9.17, 15) is 13.2 Å². The van der Waals surface area contributed by atoms with Crippen LogP contribution < -0.4 is 15.2 Å². The largest absolute Gasteiger partial charge is 0.493 e. The normalized spacial score (nSPS) is 22.1. The van der Waals surface area contributed by atoms with Crippen molar-refractivity contribution >= 4 is 15.6 Å². The van der Waals surface area contributed by atoms with E-state index in [4.69, 9.17) is 15.2 Å². The molecule has 0 radical (unpaired) electrons. The SMILES string of the molecule is COc1ccc(C(=O)CN(CCN)[C@]2(C)CCS(=O)(=O)C2)cc1OC. The van der Waals surface area contributed by atoms with Gasteiger partial charge in [0.05, 0.1) is 32.3 Å². The third-order valence-electron chi connectivity index (χ3n) is 4.68. The van der Waals surface area contributed by atoms with E-state index in [-0.39, 0.29) is 23.8 Å². The summed E-state index contributed by atoms with van der Waals surface area (Å²) in [5, 5.41) is 0. The minimum Gasteiger partial charge on any atom is -0.493 e. The van der Waals surface area contributed by atoms with Gasteiger partial charge in [0.15, 0.2) is 27.1 Å². The Morgan fingerprint density at radius 2 is 1.96 bits per heavy atom. The Morgan fingerprint density at radius 3 is 2.48 bits per heavy atom. The molecule has 0 aliphatic carbocycles. The average molecular weight is 370 g/mol. The zero-order chi connectivity index (χ0) is 18.7. The van der Waals surface area contributed by atoms with Crippen LogP contribution in [0, 0.1) is 0 Å². The fraction of sp³-hybridized carbons (Fsp3) is 0.588. The molecule has 2 N–H and O–H groups in total. The van der Waals surface area contributed by atoms with Crippen LogP contribution in [-0.4, -0.2) is 70.0 Å². The molecule has 1 aliphatic rings. The van der Waals surface area contributed by atoms with E-state index >= 15 is 0 Å². The smallest absolute Gasteiger partial charge is 0.176 e. The lowest BCUT2D eigenvalue weighted by molar-refractivity contribution is 0.0803. The maximum atomic E-state index is 12.7. The summed E-state index contributed by atoms with van der Waals surface area (Å²) in [5.41, 5.74) is 5.61. The van der Waals surface area contributed by atoms with E-state index in [1.54, 1.807) is 18.2 Å². The van der Waals surface area contributed by atoms with E-state index in [2.05, 4.69) is 0 Å². The number of carbonyl (C=O) groups excluding carboxylic acids is 1. The first-order valence-electron chi connectivity index (χ1n) is 8.15. The number of hydrogen-bond acceptors (Lipinski definition) is 7. The van der Waals surface area contributed by atoms with E-state index in [0.717, 1.165) is 0 Å². The van der Waals surface area contributed by atoms with Crippen LogP contribution in [0.1, 0.15) is 23.7 Å². The Hall–Kier alpha value is -1.64. The molecule has 1 fully saturated rings. The van der Waals surface area contributed by atoms with Gasteiger partial charge < -0.3 is 15.2 Å². The van der Waals surface area contributed by atoms with Crippen LogP contribution in [0.3, 0.4) is 0 Å². The minimum atomic E-state index is -3.07. The van der Waals surface area contributed by atoms with Gasteiger partial charge >= 0.3 is 0 Å². The van der Waals surface area contributed by atoms with Crippen LogP contribution >= 0.6 is 0 Å². The van der Waals surface area contributed by atoms with Crippen molar-refractivity contribution < 1.29 is 22.7 Å². The minimum absolute atomic E-state index is 0.0548. The summed E-state index contributed by atoms with van der Waals surface area (Å²) in [5.74, 6) is 1.12. The fourth-order valence-corrected chi connectivity index (χ4v) is 5.38. The summed E-state index contributed by atoms with van der Waals surface area (Å²) in [6, 6.07) is 4.99. The molecule has 1 aliphatic heterocycles. The van der Waals surface area contributed by atoms with Crippen LogP contribution in [0.15, 0.2) is 18.2 Å². The molecule has 25 heavy (non-hydrogen) atoms. The lowest BCUT2D eigenvalue weighted by atomic mass is 9.98. The van der Waals surface area contributed by atoms with Gasteiger partial charge in [-0.25, -0.2) is 8.42 Å². The van der Waals surface area contributed by atoms with E-state index in [0.29, 0.717) is 36.6 Å². The monoisotopic (exact) mass is 370 g/mol. The van der Waals surface area contributed by atoms with Crippen molar-refractivity contribution in [2.24, 2.45) is 5.73 Å². The molecular formula is C17H26N2O5S. The number of nitrogens with zero attached hydrogens (tertiary/aromatic N) is 1. The van der Waals surface area contributed by atoms with Gasteiger partial charge in [-0.2, -0.15) is 0 Å². The van der Waals surface area contributed by atoms with Crippen LogP contribution in [-0.2, 0) is 9.84 Å². The maximum Gasteiger partial charge on any atom is 0.176 e. The number of rotatable bonds is 8. The Kier molecular flexibility index (Phi) is 6.08. The zero-order valence-corrected chi connectivity index (χ0v) is 15.8. The molecule has 1 aromatic carbocycles. The topological polar surface area (TPSA) is 98.9 Å². The van der Waals surface area contributed by atoms with Gasteiger partial charge in [0.2, 0.25) is 0 Å². The first kappa shape index (κ1) is 19.7. The molecule has 0 unspecified atom stereocenters. The summed E-state index contributed by atoms with van der Waals surface area (Å²) in [6.45, 7) is 2.81. The number of nitrogens with two attached hydrogens (primary N) is 1. The Labute approximate surface area is 149 Å². The second-order valence-corrected chi connectivity index (χ2v) is 8.73. The van der Waals surface area contributed by atoms with Crippen LogP contribution in [0.4, 0.5) is 0 Å². The van der Waals surface area contributed by atoms with Crippen molar-refractivity contribution in [3.8, 4) is 11.5 Å². The number of benzene rings is 1. The first-order chi connectivity index (χ1) is 11.7. The summed E-state index contributed by atoms with van der Waals surface area (Å²) >= 11 is 0. The second kappa shape index (κ2) is 7.72. The number of methoxy groups -OCH3 is 2. The van der Waals surface area contributed by atoms with Gasteiger partial charge in [-0.3, -0.25) is 9.69 Å². The average Bonchev–Trinajstić information content (AvgIpc) is 2.88. The number of hydrogen-bond donors (Lipinski definition) is 1. The van der Waals surface area contributed by atoms with Crippen molar-refractivity contribution in [3.63, 3.8) is 0 Å². The molecule has 7 nitrogen and oxygen atoms in total. The summed E-state index contributed by atoms with van der Waals surface area (Å²) in [7, 11) is -0.0250. The second-order valence-electron chi connectivity index (χ2n) is 6.54. The molecule has 0 saturated carbocycles. The third kappa shape index (κ3) is 4.50. The van der Waals surface area contributed by atoms with Crippen molar-refractivity contribution in [2.75, 3.05) is 45.4 Å². The molecule has 1 aromatic rings. The van der Waals surface area contributed by atoms with Crippen molar-refractivity contribution in [2.45, 2.75) is 18.9 Å². The summed E-state index contributed by atoms with van der Waals surface area (Å²) in [4.78, 5) is 14.6. The standard InChI is InChI=1S/C17H26N2O5S/c1-17(6-9-25(21,22)12-17)19(8-7-18)11-14(20)13-4-5-15(23-2)16(10-13)24-3/h4-5,10H,6-9,11-12,18H2,1-3H3/t17-/m1/s1. The molecule has 1 saturated heterocycles. The van der Waals surface area contributed by atoms with Crippen LogP contribution in [0.5, 0.6) is 11.5 Å². The van der Waals surface area contributed by atoms with E-state index in [1.807, 2.05) is 11.8 Å². The van der Waals surface area contributed by atoms with Crippen LogP contribution in [0.2, 0.25) is 0 Å². The molecule has 0 aromatic heterocycles. The fourth-order valence-electron chi connectivity index (χ4n) is 3.21. The molecule has 140 valence electrons. The van der Waals surface area contributed by atoms with Gasteiger partial charge in [0.1, 0.15) is 0 Å². The highest BCUT2D eigenvalue weighted by atomic mass is 32.2. The quantitative estimate of drug-likeness (QED) is 0.673. The van der Waals surface area contributed by atoms with Gasteiger partial charge in [0, 0.05) is 24.2 Å². The molecule has 1 atom stereocenters. The lowest BCUT2D eigenvalue weighted by Gasteiger charge is -2.36. The number of Topliss-reactive ketones (excluding diaryl/α,β-unsaturated/α-hetero) is 1. The van der Waals surface area contributed by atoms with Crippen molar-refractivity contribution in [1.82, 2.24) is 4.90 Å². The van der Waals surface area contributed by atoms with Gasteiger partial charge in [-0.05, 0) is 31.5 Å². The van der Waals surface area contributed by atoms with Gasteiger partial charge in [-0.15, -0.1) is 0 Å². The molecule has 8 heteroatoms. The lowest BCUT2D eigenvalue weighted by Crippen LogP contribution is -2.51. The van der Waals surface area contributed by atoms with Crippen LogP contribution in [0.25, 0.3) is 0 Å². The highest BCUT2D eigenvalue weighted by Crippen LogP contribution is 2.31. The maximum absolute atomic E-state index is 12.7. The molecule has 0 spiro atoms. The summed E-state index contributed by atoms with van der Waals surface area (Å²) < 4.78 is 34.2. The molecule has 2 rings (SSSR count). The number of carbonyl (C=O) groups is 1. The van der Waals surface area contributed by atoms with E-state index in [1.165, 1.54) is 14.2 Å². The number of ether oxygens (including phenoxy) is 2. The zero-order valence-electron chi connectivity index (χ0n) is 14.9. The van der Waals surface area contributed by atoms with Crippen molar-refractivity contribution in [1.29, 1.82) is 0 Å². The third-order valence-corrected chi connectivity index (χ3v) is 6.57. The highest BCUT2D eigenvalue weighted by molar-refractivity contribution is 7.91. The molecular weight excluding hydrogens is 344 g/mol. The highest BCUT2D eigenvalue weighted by Gasteiger charge is 2.43. The Bertz CT molecular complexity index is 735.